The van der Waals surface area contributed by atoms with Crippen molar-refractivity contribution in [3.05, 3.63) is 76.2 Å². The van der Waals surface area contributed by atoms with Gasteiger partial charge in [-0.05, 0) is 55.0 Å². The third-order valence-electron chi connectivity index (χ3n) is 4.76. The van der Waals surface area contributed by atoms with E-state index in [-0.39, 0.29) is 17.5 Å². The highest BCUT2D eigenvalue weighted by Crippen LogP contribution is 2.32. The number of halogens is 2. The minimum atomic E-state index is -1.07. The highest BCUT2D eigenvalue weighted by atomic mass is 35.5. The lowest BCUT2D eigenvalue weighted by atomic mass is 10.1. The minimum Gasteiger partial charge on any atom is -0.496 e. The zero-order chi connectivity index (χ0) is 24.5. The molecule has 1 aromatic heterocycles. The molecule has 3 rings (SSSR count). The SMILES string of the molecule is CC.COc1cc(C(=O)NCC(O)c2ccc(OC)c(-c3ccc(F)c(Cl)c3)n2)ccc1C. The standard InChI is InChI=1S/C23H22ClFN2O4.C2H6/c1-13-4-5-15(11-21(13)31-3)23(29)26-12-19(28)18-8-9-20(30-2)22(27-18)14-6-7-17(25)16(24)10-14;1-2/h4-11,19,28H,12H2,1-3H3,(H,26,29);1-2H3. The minimum absolute atomic E-state index is 0.0481. The molecule has 1 heterocycles. The van der Waals surface area contributed by atoms with Gasteiger partial charge in [0.15, 0.2) is 0 Å². The number of nitrogens with one attached hydrogen (secondary N) is 1. The van der Waals surface area contributed by atoms with E-state index in [4.69, 9.17) is 21.1 Å². The number of hydrogen-bond acceptors (Lipinski definition) is 5. The normalized spacial score (nSPS) is 11.2. The summed E-state index contributed by atoms with van der Waals surface area (Å²) < 4.78 is 24.1. The average Bonchev–Trinajstić information content (AvgIpc) is 2.85. The van der Waals surface area contributed by atoms with Crippen molar-refractivity contribution in [2.45, 2.75) is 26.9 Å². The van der Waals surface area contributed by atoms with Crippen molar-refractivity contribution in [2.75, 3.05) is 20.8 Å². The molecule has 0 saturated carbocycles. The maximum absolute atomic E-state index is 13.5. The predicted octanol–water partition coefficient (Wildman–Crippen LogP) is 5.36. The molecule has 1 amide bonds. The van der Waals surface area contributed by atoms with Gasteiger partial charge in [-0.1, -0.05) is 31.5 Å². The number of aliphatic hydroxyl groups is 1. The van der Waals surface area contributed by atoms with Crippen molar-refractivity contribution >= 4 is 17.5 Å². The Bertz CT molecular complexity index is 1110. The van der Waals surface area contributed by atoms with Gasteiger partial charge in [-0.25, -0.2) is 9.37 Å². The Labute approximate surface area is 198 Å². The van der Waals surface area contributed by atoms with Crippen molar-refractivity contribution in [2.24, 2.45) is 0 Å². The molecule has 0 spiro atoms. The Morgan fingerprint density at radius 3 is 2.42 bits per heavy atom. The fraction of sp³-hybridized carbons (Fsp3) is 0.280. The largest absolute Gasteiger partial charge is 0.496 e. The van der Waals surface area contributed by atoms with Crippen LogP contribution in [0.2, 0.25) is 5.02 Å². The molecule has 0 radical (unpaired) electrons. The van der Waals surface area contributed by atoms with Crippen molar-refractivity contribution in [1.29, 1.82) is 0 Å². The zero-order valence-corrected chi connectivity index (χ0v) is 20.0. The number of aromatic nitrogens is 1. The summed E-state index contributed by atoms with van der Waals surface area (Å²) in [5.74, 6) is 0.148. The third kappa shape index (κ3) is 6.43. The molecule has 0 saturated heterocycles. The Hall–Kier alpha value is -3.16. The van der Waals surface area contributed by atoms with Crippen LogP contribution in [0.3, 0.4) is 0 Å². The highest BCUT2D eigenvalue weighted by Gasteiger charge is 2.17. The number of hydrogen-bond donors (Lipinski definition) is 2. The smallest absolute Gasteiger partial charge is 0.251 e. The van der Waals surface area contributed by atoms with Gasteiger partial charge in [-0.3, -0.25) is 4.79 Å². The van der Waals surface area contributed by atoms with Crippen LogP contribution in [-0.2, 0) is 0 Å². The number of aliphatic hydroxyl groups excluding tert-OH is 1. The first-order valence-corrected chi connectivity index (χ1v) is 10.8. The second kappa shape index (κ2) is 12.2. The van der Waals surface area contributed by atoms with Crippen LogP contribution < -0.4 is 14.8 Å². The third-order valence-corrected chi connectivity index (χ3v) is 5.05. The first-order chi connectivity index (χ1) is 15.8. The lowest BCUT2D eigenvalue weighted by Gasteiger charge is -2.15. The van der Waals surface area contributed by atoms with Crippen LogP contribution in [-0.4, -0.2) is 36.8 Å². The van der Waals surface area contributed by atoms with Gasteiger partial charge in [0.2, 0.25) is 0 Å². The molecule has 33 heavy (non-hydrogen) atoms. The molecule has 6 nitrogen and oxygen atoms in total. The molecule has 2 aromatic carbocycles. The Kier molecular flexibility index (Phi) is 9.63. The summed E-state index contributed by atoms with van der Waals surface area (Å²) in [5, 5.41) is 13.2. The Balaban J connectivity index is 0.00000187. The average molecular weight is 475 g/mol. The number of nitrogens with zero attached hydrogens (tertiary/aromatic N) is 1. The van der Waals surface area contributed by atoms with Gasteiger partial charge in [0.1, 0.15) is 29.1 Å². The van der Waals surface area contributed by atoms with Crippen LogP contribution in [0.5, 0.6) is 11.5 Å². The molecule has 8 heteroatoms. The summed E-state index contributed by atoms with van der Waals surface area (Å²) in [4.78, 5) is 16.9. The first-order valence-electron chi connectivity index (χ1n) is 10.4. The van der Waals surface area contributed by atoms with Gasteiger partial charge in [0.05, 0.1) is 24.9 Å². The van der Waals surface area contributed by atoms with E-state index in [1.165, 1.54) is 32.4 Å². The number of carbonyl (C=O) groups is 1. The van der Waals surface area contributed by atoms with E-state index in [1.807, 2.05) is 20.8 Å². The van der Waals surface area contributed by atoms with E-state index in [9.17, 15) is 14.3 Å². The number of benzene rings is 2. The summed E-state index contributed by atoms with van der Waals surface area (Å²) in [6.07, 6.45) is -1.07. The van der Waals surface area contributed by atoms with Crippen LogP contribution in [0.4, 0.5) is 4.39 Å². The van der Waals surface area contributed by atoms with Gasteiger partial charge in [0.25, 0.3) is 5.91 Å². The van der Waals surface area contributed by atoms with Gasteiger partial charge in [-0.15, -0.1) is 0 Å². The van der Waals surface area contributed by atoms with Crippen molar-refractivity contribution < 1.29 is 23.8 Å². The lowest BCUT2D eigenvalue weighted by Crippen LogP contribution is -2.28. The fourth-order valence-electron chi connectivity index (χ4n) is 3.02. The Morgan fingerprint density at radius 2 is 1.79 bits per heavy atom. The number of aryl methyl sites for hydroxylation is 1. The second-order valence-electron chi connectivity index (χ2n) is 6.83. The molecule has 0 aliphatic carbocycles. The summed E-state index contributed by atoms with van der Waals surface area (Å²) in [5.41, 5.74) is 2.58. The summed E-state index contributed by atoms with van der Waals surface area (Å²) >= 11 is 5.89. The van der Waals surface area contributed by atoms with Crippen LogP contribution in [0.1, 0.15) is 41.6 Å². The van der Waals surface area contributed by atoms with Crippen LogP contribution in [0.15, 0.2) is 48.5 Å². The highest BCUT2D eigenvalue weighted by molar-refractivity contribution is 6.31. The molecule has 176 valence electrons. The van der Waals surface area contributed by atoms with E-state index in [0.717, 1.165) is 5.56 Å². The van der Waals surface area contributed by atoms with Gasteiger partial charge in [-0.2, -0.15) is 0 Å². The molecule has 0 aliphatic rings. The van der Waals surface area contributed by atoms with E-state index in [2.05, 4.69) is 10.3 Å². The fourth-order valence-corrected chi connectivity index (χ4v) is 3.20. The first kappa shape index (κ1) is 26.1. The molecular formula is C25H28ClFN2O4. The molecule has 1 atom stereocenters. The molecule has 1 unspecified atom stereocenters. The molecule has 2 N–H and O–H groups in total. The summed E-state index contributed by atoms with van der Waals surface area (Å²) in [6, 6.07) is 12.5. The van der Waals surface area contributed by atoms with Crippen molar-refractivity contribution in [3.8, 4) is 22.8 Å². The number of ether oxygens (including phenoxy) is 2. The molecule has 3 aromatic rings. The van der Waals surface area contributed by atoms with E-state index < -0.39 is 11.9 Å². The Morgan fingerprint density at radius 1 is 1.09 bits per heavy atom. The van der Waals surface area contributed by atoms with Crippen LogP contribution in [0.25, 0.3) is 11.3 Å². The number of rotatable bonds is 7. The predicted molar refractivity (Wildman–Crippen MR) is 128 cm³/mol. The second-order valence-corrected chi connectivity index (χ2v) is 7.23. The number of pyridine rings is 1. The van der Waals surface area contributed by atoms with E-state index in [1.54, 1.807) is 30.3 Å². The maximum atomic E-state index is 13.5. The topological polar surface area (TPSA) is 80.7 Å². The van der Waals surface area contributed by atoms with Gasteiger partial charge in [0, 0.05) is 17.7 Å². The molecular weight excluding hydrogens is 447 g/mol. The number of carbonyl (C=O) groups excluding carboxylic acids is 1. The van der Waals surface area contributed by atoms with Crippen LogP contribution in [0, 0.1) is 12.7 Å². The van der Waals surface area contributed by atoms with Gasteiger partial charge >= 0.3 is 0 Å². The lowest BCUT2D eigenvalue weighted by molar-refractivity contribution is 0.0913. The van der Waals surface area contributed by atoms with Crippen molar-refractivity contribution in [1.82, 2.24) is 10.3 Å². The summed E-state index contributed by atoms with van der Waals surface area (Å²) in [7, 11) is 3.02. The molecule has 0 fully saturated rings. The quantitative estimate of drug-likeness (QED) is 0.482. The summed E-state index contributed by atoms with van der Waals surface area (Å²) in [6.45, 7) is 5.82. The number of amides is 1. The monoisotopic (exact) mass is 474 g/mol. The zero-order valence-electron chi connectivity index (χ0n) is 19.3. The molecule has 0 aliphatic heterocycles. The number of methoxy groups -OCH3 is 2. The molecule has 0 bridgehead atoms. The van der Waals surface area contributed by atoms with Crippen LogP contribution >= 0.6 is 11.6 Å². The van der Waals surface area contributed by atoms with E-state index >= 15 is 0 Å². The van der Waals surface area contributed by atoms with Crippen molar-refractivity contribution in [3.63, 3.8) is 0 Å². The van der Waals surface area contributed by atoms with E-state index in [0.29, 0.717) is 34.0 Å². The maximum Gasteiger partial charge on any atom is 0.251 e. The van der Waals surface area contributed by atoms with Gasteiger partial charge < -0.3 is 19.9 Å².